The minimum atomic E-state index is 0.785. The number of rotatable bonds is 6. The van der Waals surface area contributed by atoms with Gasteiger partial charge in [0.25, 0.3) is 0 Å². The maximum absolute atomic E-state index is 5.71. The van der Waals surface area contributed by atoms with Gasteiger partial charge in [-0.1, -0.05) is 12.1 Å². The number of hydrogen-bond donors (Lipinski definition) is 1. The van der Waals surface area contributed by atoms with E-state index in [-0.39, 0.29) is 0 Å². The van der Waals surface area contributed by atoms with Crippen LogP contribution in [0.4, 0.5) is 5.69 Å². The van der Waals surface area contributed by atoms with Gasteiger partial charge in [0.1, 0.15) is 0 Å². The van der Waals surface area contributed by atoms with Crippen molar-refractivity contribution >= 4 is 5.69 Å². The summed E-state index contributed by atoms with van der Waals surface area (Å²) in [5.41, 5.74) is 7.84. The van der Waals surface area contributed by atoms with E-state index in [2.05, 4.69) is 18.0 Å². The summed E-state index contributed by atoms with van der Waals surface area (Å²) in [6.45, 7) is 2.79. The smallest absolute Gasteiger partial charge is 0.0589 e. The van der Waals surface area contributed by atoms with Crippen LogP contribution in [-0.2, 0) is 11.2 Å². The van der Waals surface area contributed by atoms with Crippen molar-refractivity contribution in [1.29, 1.82) is 0 Å². The summed E-state index contributed by atoms with van der Waals surface area (Å²) in [6.07, 6.45) is 1.03. The predicted molar refractivity (Wildman–Crippen MR) is 63.9 cm³/mol. The summed E-state index contributed by atoms with van der Waals surface area (Å²) in [6, 6.07) is 8.06. The molecule has 1 aromatic rings. The number of nitrogens with two attached hydrogens (primary N) is 1. The van der Waals surface area contributed by atoms with Crippen LogP contribution in [0.2, 0.25) is 0 Å². The van der Waals surface area contributed by atoms with Gasteiger partial charge in [-0.25, -0.2) is 0 Å². The first-order valence-corrected chi connectivity index (χ1v) is 5.24. The Labute approximate surface area is 91.8 Å². The Morgan fingerprint density at radius 2 is 2.13 bits per heavy atom. The molecule has 2 N–H and O–H groups in total. The fourth-order valence-electron chi connectivity index (χ4n) is 1.43. The first-order chi connectivity index (χ1) is 7.22. The molecule has 3 nitrogen and oxygen atoms in total. The number of likely N-dealkylation sites (N-methyl/N-ethyl adjacent to an activating group) is 1. The Kier molecular flexibility index (Phi) is 5.15. The quantitative estimate of drug-likeness (QED) is 0.718. The van der Waals surface area contributed by atoms with Gasteiger partial charge >= 0.3 is 0 Å². The van der Waals surface area contributed by atoms with E-state index in [9.17, 15) is 0 Å². The Balaban J connectivity index is 2.30. The van der Waals surface area contributed by atoms with Gasteiger partial charge in [-0.15, -0.1) is 0 Å². The molecule has 84 valence electrons. The SMILES string of the molecule is COCCN(C)CCc1cccc(N)c1. The third-order valence-electron chi connectivity index (χ3n) is 2.41. The number of ether oxygens (including phenoxy) is 1. The Bertz CT molecular complexity index is 289. The number of methoxy groups -OCH3 is 1. The van der Waals surface area contributed by atoms with Crippen LogP contribution >= 0.6 is 0 Å². The molecular formula is C12H20N2O. The summed E-state index contributed by atoms with van der Waals surface area (Å²) in [7, 11) is 3.83. The molecule has 15 heavy (non-hydrogen) atoms. The van der Waals surface area contributed by atoms with Gasteiger partial charge in [0, 0.05) is 25.9 Å². The molecule has 1 aromatic carbocycles. The van der Waals surface area contributed by atoms with Gasteiger partial charge in [-0.05, 0) is 31.2 Å². The average Bonchev–Trinajstić information content (AvgIpc) is 2.23. The van der Waals surface area contributed by atoms with Crippen LogP contribution in [0, 0.1) is 0 Å². The van der Waals surface area contributed by atoms with Crippen molar-refractivity contribution in [3.63, 3.8) is 0 Å². The molecule has 0 radical (unpaired) electrons. The topological polar surface area (TPSA) is 38.5 Å². The van der Waals surface area contributed by atoms with Crippen molar-refractivity contribution in [2.24, 2.45) is 0 Å². The van der Waals surface area contributed by atoms with Crippen molar-refractivity contribution in [2.45, 2.75) is 6.42 Å². The second kappa shape index (κ2) is 6.43. The molecule has 0 saturated heterocycles. The fourth-order valence-corrected chi connectivity index (χ4v) is 1.43. The zero-order valence-electron chi connectivity index (χ0n) is 9.57. The van der Waals surface area contributed by atoms with Crippen LogP contribution in [0.5, 0.6) is 0 Å². The molecule has 0 atom stereocenters. The Morgan fingerprint density at radius 1 is 1.33 bits per heavy atom. The minimum Gasteiger partial charge on any atom is -0.399 e. The van der Waals surface area contributed by atoms with Crippen LogP contribution in [0.25, 0.3) is 0 Å². The molecule has 0 amide bonds. The summed E-state index contributed by atoms with van der Waals surface area (Å²) < 4.78 is 5.02. The molecule has 0 aliphatic heterocycles. The molecule has 0 heterocycles. The third kappa shape index (κ3) is 4.81. The largest absolute Gasteiger partial charge is 0.399 e. The lowest BCUT2D eigenvalue weighted by Crippen LogP contribution is -2.25. The fraction of sp³-hybridized carbons (Fsp3) is 0.500. The second-order valence-corrected chi connectivity index (χ2v) is 3.79. The van der Waals surface area contributed by atoms with Crippen molar-refractivity contribution in [3.05, 3.63) is 29.8 Å². The molecular weight excluding hydrogens is 188 g/mol. The standard InChI is InChI=1S/C12H20N2O/c1-14(8-9-15-2)7-6-11-4-3-5-12(13)10-11/h3-5,10H,6-9,13H2,1-2H3. The summed E-state index contributed by atoms with van der Waals surface area (Å²) in [5, 5.41) is 0. The Morgan fingerprint density at radius 3 is 2.80 bits per heavy atom. The number of benzene rings is 1. The minimum absolute atomic E-state index is 0.785. The lowest BCUT2D eigenvalue weighted by molar-refractivity contribution is 0.162. The number of nitrogens with zero attached hydrogens (tertiary/aromatic N) is 1. The van der Waals surface area contributed by atoms with Crippen LogP contribution in [0.3, 0.4) is 0 Å². The average molecular weight is 208 g/mol. The maximum atomic E-state index is 5.71. The molecule has 0 fully saturated rings. The highest BCUT2D eigenvalue weighted by atomic mass is 16.5. The van der Waals surface area contributed by atoms with E-state index in [1.165, 1.54) is 5.56 Å². The van der Waals surface area contributed by atoms with Gasteiger partial charge in [0.05, 0.1) is 6.61 Å². The molecule has 1 rings (SSSR count). The van der Waals surface area contributed by atoms with Crippen LogP contribution in [0.1, 0.15) is 5.56 Å². The van der Waals surface area contributed by atoms with Gasteiger partial charge in [-0.2, -0.15) is 0 Å². The first kappa shape index (κ1) is 12.0. The van der Waals surface area contributed by atoms with E-state index in [4.69, 9.17) is 10.5 Å². The highest BCUT2D eigenvalue weighted by molar-refractivity contribution is 5.40. The van der Waals surface area contributed by atoms with Crippen LogP contribution < -0.4 is 5.73 Å². The van der Waals surface area contributed by atoms with Gasteiger partial charge < -0.3 is 15.4 Å². The first-order valence-electron chi connectivity index (χ1n) is 5.24. The van der Waals surface area contributed by atoms with Crippen LogP contribution in [0.15, 0.2) is 24.3 Å². The summed E-state index contributed by atoms with van der Waals surface area (Å²) >= 11 is 0. The van der Waals surface area contributed by atoms with Crippen LogP contribution in [-0.4, -0.2) is 38.8 Å². The molecule has 3 heteroatoms. The lowest BCUT2D eigenvalue weighted by atomic mass is 10.1. The molecule has 0 aliphatic carbocycles. The van der Waals surface area contributed by atoms with E-state index < -0.39 is 0 Å². The second-order valence-electron chi connectivity index (χ2n) is 3.79. The highest BCUT2D eigenvalue weighted by Crippen LogP contribution is 2.07. The van der Waals surface area contributed by atoms with E-state index in [1.807, 2.05) is 18.2 Å². The van der Waals surface area contributed by atoms with E-state index >= 15 is 0 Å². The van der Waals surface area contributed by atoms with E-state index in [0.29, 0.717) is 0 Å². The molecule has 0 unspecified atom stereocenters. The predicted octanol–water partition coefficient (Wildman–Crippen LogP) is 1.39. The lowest BCUT2D eigenvalue weighted by Gasteiger charge is -2.15. The van der Waals surface area contributed by atoms with E-state index in [1.54, 1.807) is 7.11 Å². The zero-order valence-corrected chi connectivity index (χ0v) is 9.57. The number of hydrogen-bond acceptors (Lipinski definition) is 3. The maximum Gasteiger partial charge on any atom is 0.0589 e. The van der Waals surface area contributed by atoms with Crippen molar-refractivity contribution in [3.8, 4) is 0 Å². The molecule has 0 bridgehead atoms. The summed E-state index contributed by atoms with van der Waals surface area (Å²) in [5.74, 6) is 0. The molecule has 0 saturated carbocycles. The highest BCUT2D eigenvalue weighted by Gasteiger charge is 1.99. The van der Waals surface area contributed by atoms with Gasteiger partial charge in [0.2, 0.25) is 0 Å². The number of anilines is 1. The van der Waals surface area contributed by atoms with Gasteiger partial charge in [0.15, 0.2) is 0 Å². The molecule has 0 aromatic heterocycles. The van der Waals surface area contributed by atoms with Crippen molar-refractivity contribution in [1.82, 2.24) is 4.90 Å². The monoisotopic (exact) mass is 208 g/mol. The molecule has 0 aliphatic rings. The van der Waals surface area contributed by atoms with Crippen molar-refractivity contribution in [2.75, 3.05) is 39.6 Å². The number of nitrogen functional groups attached to an aromatic ring is 1. The Hall–Kier alpha value is -1.06. The third-order valence-corrected chi connectivity index (χ3v) is 2.41. The van der Waals surface area contributed by atoms with Gasteiger partial charge in [-0.3, -0.25) is 0 Å². The summed E-state index contributed by atoms with van der Waals surface area (Å²) in [4.78, 5) is 2.26. The van der Waals surface area contributed by atoms with E-state index in [0.717, 1.165) is 31.8 Å². The normalized spacial score (nSPS) is 10.9. The van der Waals surface area contributed by atoms with Crippen molar-refractivity contribution < 1.29 is 4.74 Å². The zero-order chi connectivity index (χ0) is 11.1. The molecule has 0 spiro atoms.